The van der Waals surface area contributed by atoms with Gasteiger partial charge in [-0.3, -0.25) is 4.79 Å². The molecular weight excluding hydrogens is 492 g/mol. The molecule has 0 fully saturated rings. The van der Waals surface area contributed by atoms with Crippen LogP contribution < -0.4 is 5.32 Å². The summed E-state index contributed by atoms with van der Waals surface area (Å²) in [6.07, 6.45) is 0.294. The largest absolute Gasteiger partial charge is 0.324 e. The number of carbonyl (C=O) groups excluding carboxylic acids is 1. The van der Waals surface area contributed by atoms with Crippen LogP contribution in [0.5, 0.6) is 0 Å². The van der Waals surface area contributed by atoms with Crippen LogP contribution in [-0.4, -0.2) is 24.7 Å². The fourth-order valence-electron chi connectivity index (χ4n) is 5.12. The Morgan fingerprint density at radius 3 is 2.18 bits per heavy atom. The van der Waals surface area contributed by atoms with E-state index in [9.17, 15) is 13.2 Å². The van der Waals surface area contributed by atoms with E-state index in [2.05, 4.69) is 5.32 Å². The molecule has 0 spiro atoms. The lowest BCUT2D eigenvalue weighted by Crippen LogP contribution is -2.50. The molecule has 188 valence electrons. The number of amides is 1. The van der Waals surface area contributed by atoms with E-state index in [1.54, 1.807) is 12.1 Å². The van der Waals surface area contributed by atoms with Crippen LogP contribution in [0.15, 0.2) is 126 Å². The summed E-state index contributed by atoms with van der Waals surface area (Å²) in [7, 11) is -3.97. The molecule has 0 aliphatic carbocycles. The molecule has 1 aliphatic heterocycles. The Hall–Kier alpha value is -4.26. The van der Waals surface area contributed by atoms with Crippen LogP contribution in [-0.2, 0) is 27.8 Å². The van der Waals surface area contributed by atoms with Gasteiger partial charge in [0.15, 0.2) is 0 Å². The summed E-state index contributed by atoms with van der Waals surface area (Å²) in [6, 6.07) is 37.0. The zero-order valence-corrected chi connectivity index (χ0v) is 21.4. The summed E-state index contributed by atoms with van der Waals surface area (Å²) in [5, 5.41) is 4.84. The summed E-state index contributed by atoms with van der Waals surface area (Å²) in [4.78, 5) is 14.0. The van der Waals surface area contributed by atoms with Crippen LogP contribution in [0.4, 0.5) is 5.69 Å². The monoisotopic (exact) mass is 518 g/mol. The number of benzene rings is 5. The van der Waals surface area contributed by atoms with E-state index in [0.717, 1.165) is 33.0 Å². The minimum Gasteiger partial charge on any atom is -0.324 e. The molecule has 6 rings (SSSR count). The summed E-state index contributed by atoms with van der Waals surface area (Å²) < 4.78 is 29.4. The molecule has 0 radical (unpaired) electrons. The number of hydrogen-bond donors (Lipinski definition) is 1. The topological polar surface area (TPSA) is 66.5 Å². The Kier molecular flexibility index (Phi) is 6.27. The Balaban J connectivity index is 1.39. The number of anilines is 1. The van der Waals surface area contributed by atoms with Gasteiger partial charge >= 0.3 is 0 Å². The van der Waals surface area contributed by atoms with Crippen molar-refractivity contribution in [2.24, 2.45) is 0 Å². The van der Waals surface area contributed by atoms with Gasteiger partial charge in [-0.1, -0.05) is 103 Å². The first-order chi connectivity index (χ1) is 18.5. The highest BCUT2D eigenvalue weighted by atomic mass is 32.2. The van der Waals surface area contributed by atoms with Crippen LogP contribution in [0, 0.1) is 0 Å². The zero-order valence-electron chi connectivity index (χ0n) is 20.6. The van der Waals surface area contributed by atoms with Crippen molar-refractivity contribution in [3.05, 3.63) is 132 Å². The zero-order chi connectivity index (χ0) is 26.1. The molecule has 5 aromatic carbocycles. The molecule has 6 heteroatoms. The predicted octanol–water partition coefficient (Wildman–Crippen LogP) is 6.26. The van der Waals surface area contributed by atoms with E-state index in [-0.39, 0.29) is 17.3 Å². The third kappa shape index (κ3) is 4.49. The van der Waals surface area contributed by atoms with Gasteiger partial charge in [0.1, 0.15) is 6.04 Å². The quantitative estimate of drug-likeness (QED) is 0.299. The van der Waals surface area contributed by atoms with Crippen molar-refractivity contribution < 1.29 is 13.2 Å². The number of hydrogen-bond acceptors (Lipinski definition) is 3. The van der Waals surface area contributed by atoms with Gasteiger partial charge in [0.25, 0.3) is 0 Å². The average molecular weight is 519 g/mol. The summed E-state index contributed by atoms with van der Waals surface area (Å²) in [6.45, 7) is 0.129. The SMILES string of the molecule is O=C(Nc1ccccc1-c1ccccc1)[C@H]1Cc2ccccc2CN1S(=O)(=O)c1ccc2ccccc2c1. The number of nitrogens with one attached hydrogen (secondary N) is 1. The predicted molar refractivity (Wildman–Crippen MR) is 151 cm³/mol. The maximum Gasteiger partial charge on any atom is 0.244 e. The van der Waals surface area contributed by atoms with Crippen molar-refractivity contribution in [1.82, 2.24) is 4.31 Å². The first kappa shape index (κ1) is 24.1. The highest BCUT2D eigenvalue weighted by molar-refractivity contribution is 7.89. The minimum absolute atomic E-state index is 0.129. The summed E-state index contributed by atoms with van der Waals surface area (Å²) in [5.41, 5.74) is 4.38. The van der Waals surface area contributed by atoms with Crippen LogP contribution in [0.3, 0.4) is 0 Å². The maximum atomic E-state index is 14.0. The smallest absolute Gasteiger partial charge is 0.244 e. The van der Waals surface area contributed by atoms with E-state index < -0.39 is 16.1 Å². The molecule has 1 atom stereocenters. The van der Waals surface area contributed by atoms with Crippen molar-refractivity contribution in [2.45, 2.75) is 23.9 Å². The highest BCUT2D eigenvalue weighted by Crippen LogP contribution is 2.33. The molecule has 38 heavy (non-hydrogen) atoms. The molecule has 5 nitrogen and oxygen atoms in total. The van der Waals surface area contributed by atoms with Crippen molar-refractivity contribution in [3.8, 4) is 11.1 Å². The van der Waals surface area contributed by atoms with Crippen LogP contribution in [0.1, 0.15) is 11.1 Å². The first-order valence-electron chi connectivity index (χ1n) is 12.5. The van der Waals surface area contributed by atoms with E-state index in [1.165, 1.54) is 4.31 Å². The maximum absolute atomic E-state index is 14.0. The average Bonchev–Trinajstić information content (AvgIpc) is 2.97. The molecule has 0 saturated carbocycles. The third-order valence-electron chi connectivity index (χ3n) is 7.11. The van der Waals surface area contributed by atoms with Crippen molar-refractivity contribution in [3.63, 3.8) is 0 Å². The van der Waals surface area contributed by atoms with Gasteiger partial charge in [-0.15, -0.1) is 0 Å². The second kappa shape index (κ2) is 9.89. The molecule has 1 amide bonds. The Labute approximate surface area is 222 Å². The standard InChI is InChI=1S/C32H26N2O3S/c35-32(33-30-17-9-8-16-29(30)24-11-2-1-3-12-24)31-21-26-14-6-7-15-27(26)22-34(31)38(36,37)28-19-18-23-10-4-5-13-25(23)20-28/h1-20,31H,21-22H2,(H,33,35)/t31-/m1/s1. The lowest BCUT2D eigenvalue weighted by Gasteiger charge is -2.35. The number of rotatable bonds is 5. The molecule has 1 heterocycles. The van der Waals surface area contributed by atoms with Crippen LogP contribution in [0.2, 0.25) is 0 Å². The van der Waals surface area contributed by atoms with E-state index in [0.29, 0.717) is 12.1 Å². The van der Waals surface area contributed by atoms with E-state index in [1.807, 2.05) is 109 Å². The van der Waals surface area contributed by atoms with Crippen molar-refractivity contribution >= 4 is 32.4 Å². The van der Waals surface area contributed by atoms with E-state index >= 15 is 0 Å². The molecule has 5 aromatic rings. The molecule has 0 bridgehead atoms. The van der Waals surface area contributed by atoms with Gasteiger partial charge in [0.05, 0.1) is 4.90 Å². The van der Waals surface area contributed by atoms with Gasteiger partial charge in [-0.05, 0) is 52.1 Å². The number of fused-ring (bicyclic) bond motifs is 2. The second-order valence-corrected chi connectivity index (χ2v) is 11.3. The van der Waals surface area contributed by atoms with Gasteiger partial charge in [-0.25, -0.2) is 8.42 Å². The third-order valence-corrected chi connectivity index (χ3v) is 8.96. The Morgan fingerprint density at radius 2 is 1.37 bits per heavy atom. The van der Waals surface area contributed by atoms with Crippen LogP contribution >= 0.6 is 0 Å². The number of sulfonamides is 1. The minimum atomic E-state index is -3.97. The molecule has 1 N–H and O–H groups in total. The van der Waals surface area contributed by atoms with Crippen LogP contribution in [0.25, 0.3) is 21.9 Å². The van der Waals surface area contributed by atoms with Gasteiger partial charge in [0, 0.05) is 17.8 Å². The normalized spacial score (nSPS) is 15.6. The van der Waals surface area contributed by atoms with Gasteiger partial charge < -0.3 is 5.32 Å². The lowest BCUT2D eigenvalue weighted by atomic mass is 9.95. The Bertz CT molecular complexity index is 1750. The molecule has 0 saturated heterocycles. The van der Waals surface area contributed by atoms with Gasteiger partial charge in [-0.2, -0.15) is 4.31 Å². The molecule has 0 unspecified atom stereocenters. The van der Waals surface area contributed by atoms with Crippen molar-refractivity contribution in [1.29, 1.82) is 0 Å². The Morgan fingerprint density at radius 1 is 0.711 bits per heavy atom. The first-order valence-corrected chi connectivity index (χ1v) is 14.0. The fourth-order valence-corrected chi connectivity index (χ4v) is 6.72. The number of nitrogens with zero attached hydrogens (tertiary/aromatic N) is 1. The number of carbonyl (C=O) groups is 1. The lowest BCUT2D eigenvalue weighted by molar-refractivity contribution is -0.120. The van der Waals surface area contributed by atoms with Crippen molar-refractivity contribution in [2.75, 3.05) is 5.32 Å². The fraction of sp³-hybridized carbons (Fsp3) is 0.0938. The molecule has 1 aliphatic rings. The summed E-state index contributed by atoms with van der Waals surface area (Å²) >= 11 is 0. The van der Waals surface area contributed by atoms with E-state index in [4.69, 9.17) is 0 Å². The second-order valence-electron chi connectivity index (χ2n) is 9.45. The van der Waals surface area contributed by atoms with Gasteiger partial charge in [0.2, 0.25) is 15.9 Å². The molecule has 0 aromatic heterocycles. The molecular formula is C32H26N2O3S. The highest BCUT2D eigenvalue weighted by Gasteiger charge is 2.39. The number of para-hydroxylation sites is 1. The summed E-state index contributed by atoms with van der Waals surface area (Å²) in [5.74, 6) is -0.354.